The Morgan fingerprint density at radius 1 is 1.00 bits per heavy atom. The maximum absolute atomic E-state index is 12.7. The van der Waals surface area contributed by atoms with Crippen LogP contribution in [0, 0.1) is 0 Å². The highest BCUT2D eigenvalue weighted by atomic mass is 16.7. The number of piperidine rings is 1. The molecule has 3 aliphatic rings. The zero-order valence-electron chi connectivity index (χ0n) is 14.5. The number of fused-ring (bicyclic) bond motifs is 2. The van der Waals surface area contributed by atoms with Crippen molar-refractivity contribution in [2.24, 2.45) is 0 Å². The van der Waals surface area contributed by atoms with E-state index in [1.165, 1.54) is 5.56 Å². The summed E-state index contributed by atoms with van der Waals surface area (Å²) in [5.74, 6) is 1.72. The fourth-order valence-electron chi connectivity index (χ4n) is 4.00. The fraction of sp³-hybridized carbons (Fsp3) is 0.350. The Morgan fingerprint density at radius 3 is 2.62 bits per heavy atom. The van der Waals surface area contributed by atoms with Gasteiger partial charge in [0.05, 0.1) is 11.4 Å². The maximum atomic E-state index is 12.7. The van der Waals surface area contributed by atoms with Crippen LogP contribution < -0.4 is 20.1 Å². The van der Waals surface area contributed by atoms with E-state index in [1.807, 2.05) is 30.3 Å². The second kappa shape index (κ2) is 5.92. The molecule has 3 heterocycles. The third-order valence-corrected chi connectivity index (χ3v) is 5.54. The van der Waals surface area contributed by atoms with Gasteiger partial charge in [0.15, 0.2) is 11.5 Å². The summed E-state index contributed by atoms with van der Waals surface area (Å²) in [6.07, 6.45) is 1.58. The number of carbonyl (C=O) groups excluding carboxylic acids is 1. The number of carbonyl (C=O) groups is 1. The zero-order chi connectivity index (χ0) is 17.6. The molecule has 2 N–H and O–H groups in total. The average molecular weight is 351 g/mol. The van der Waals surface area contributed by atoms with Gasteiger partial charge in [0.2, 0.25) is 12.7 Å². The minimum absolute atomic E-state index is 0.0823. The van der Waals surface area contributed by atoms with Crippen molar-refractivity contribution in [3.05, 3.63) is 48.0 Å². The summed E-state index contributed by atoms with van der Waals surface area (Å²) in [6.45, 7) is 2.90. The Balaban J connectivity index is 1.27. The highest BCUT2D eigenvalue weighted by Crippen LogP contribution is 2.37. The molecule has 26 heavy (non-hydrogen) atoms. The Labute approximate surface area is 152 Å². The van der Waals surface area contributed by atoms with Crippen LogP contribution in [-0.4, -0.2) is 36.2 Å². The number of nitrogens with one attached hydrogen (secondary N) is 2. The number of hydrogen-bond acceptors (Lipinski definition) is 5. The molecule has 2 aromatic rings. The van der Waals surface area contributed by atoms with Crippen molar-refractivity contribution in [2.45, 2.75) is 24.9 Å². The molecule has 0 unspecified atom stereocenters. The zero-order valence-corrected chi connectivity index (χ0v) is 14.5. The molecule has 1 fully saturated rings. The highest BCUT2D eigenvalue weighted by Gasteiger charge is 2.44. The van der Waals surface area contributed by atoms with Crippen LogP contribution in [-0.2, 0) is 11.3 Å². The van der Waals surface area contributed by atoms with E-state index >= 15 is 0 Å². The predicted octanol–water partition coefficient (Wildman–Crippen LogP) is 2.81. The predicted molar refractivity (Wildman–Crippen MR) is 98.5 cm³/mol. The van der Waals surface area contributed by atoms with Gasteiger partial charge in [0.1, 0.15) is 5.54 Å². The van der Waals surface area contributed by atoms with Gasteiger partial charge in [-0.1, -0.05) is 18.2 Å². The number of benzene rings is 2. The smallest absolute Gasteiger partial charge is 0.250 e. The van der Waals surface area contributed by atoms with E-state index in [4.69, 9.17) is 9.47 Å². The van der Waals surface area contributed by atoms with Gasteiger partial charge in [-0.25, -0.2) is 0 Å². The molecule has 0 aromatic heterocycles. The maximum Gasteiger partial charge on any atom is 0.250 e. The molecule has 0 bridgehead atoms. The largest absolute Gasteiger partial charge is 0.454 e. The third-order valence-electron chi connectivity index (χ3n) is 5.54. The van der Waals surface area contributed by atoms with Crippen LogP contribution in [0.1, 0.15) is 18.4 Å². The lowest BCUT2D eigenvalue weighted by Crippen LogP contribution is -2.58. The first kappa shape index (κ1) is 15.5. The van der Waals surface area contributed by atoms with Gasteiger partial charge >= 0.3 is 0 Å². The molecule has 0 radical (unpaired) electrons. The second-order valence-corrected chi connectivity index (χ2v) is 7.17. The van der Waals surface area contributed by atoms with Crippen molar-refractivity contribution in [3.8, 4) is 11.5 Å². The molecule has 6 nitrogen and oxygen atoms in total. The summed E-state index contributed by atoms with van der Waals surface area (Å²) in [5, 5.41) is 6.57. The van der Waals surface area contributed by atoms with Crippen LogP contribution in [0.5, 0.6) is 11.5 Å². The average Bonchev–Trinajstić information content (AvgIpc) is 3.12. The number of rotatable bonds is 2. The first-order chi connectivity index (χ1) is 12.7. The number of nitrogens with zero attached hydrogens (tertiary/aromatic N) is 1. The Bertz CT molecular complexity index is 859. The van der Waals surface area contributed by atoms with Crippen molar-refractivity contribution >= 4 is 17.3 Å². The van der Waals surface area contributed by atoms with Crippen LogP contribution in [0.3, 0.4) is 0 Å². The van der Waals surface area contributed by atoms with E-state index < -0.39 is 5.54 Å². The van der Waals surface area contributed by atoms with Crippen molar-refractivity contribution in [2.75, 3.05) is 30.5 Å². The summed E-state index contributed by atoms with van der Waals surface area (Å²) in [7, 11) is 0. The Kier molecular flexibility index (Phi) is 3.53. The summed E-state index contributed by atoms with van der Waals surface area (Å²) in [5.41, 5.74) is 2.58. The van der Waals surface area contributed by atoms with E-state index in [-0.39, 0.29) is 5.91 Å². The second-order valence-electron chi connectivity index (χ2n) is 7.17. The number of ether oxygens (including phenoxy) is 2. The molecule has 3 aliphatic heterocycles. The molecule has 2 aromatic carbocycles. The monoisotopic (exact) mass is 351 g/mol. The van der Waals surface area contributed by atoms with Gasteiger partial charge in [-0.3, -0.25) is 9.69 Å². The normalized spacial score (nSPS) is 20.4. The first-order valence-electron chi connectivity index (χ1n) is 9.01. The number of hydrogen-bond donors (Lipinski definition) is 2. The minimum Gasteiger partial charge on any atom is -0.454 e. The van der Waals surface area contributed by atoms with Crippen molar-refractivity contribution in [3.63, 3.8) is 0 Å². The summed E-state index contributed by atoms with van der Waals surface area (Å²) < 4.78 is 10.8. The molecule has 1 amide bonds. The van der Waals surface area contributed by atoms with E-state index in [0.29, 0.717) is 6.79 Å². The number of anilines is 2. The van der Waals surface area contributed by atoms with Crippen LogP contribution in [0.15, 0.2) is 42.5 Å². The number of likely N-dealkylation sites (tertiary alicyclic amines) is 1. The van der Waals surface area contributed by atoms with Gasteiger partial charge in [-0.15, -0.1) is 0 Å². The fourth-order valence-corrected chi connectivity index (χ4v) is 4.00. The molecule has 134 valence electrons. The van der Waals surface area contributed by atoms with Crippen LogP contribution in [0.25, 0.3) is 0 Å². The lowest BCUT2D eigenvalue weighted by atomic mass is 9.84. The molecule has 1 saturated heterocycles. The van der Waals surface area contributed by atoms with Crippen LogP contribution >= 0.6 is 0 Å². The van der Waals surface area contributed by atoms with Gasteiger partial charge in [0, 0.05) is 19.6 Å². The number of amides is 1. The molecule has 0 atom stereocenters. The quantitative estimate of drug-likeness (QED) is 0.871. The summed E-state index contributed by atoms with van der Waals surface area (Å²) in [4.78, 5) is 15.1. The lowest BCUT2D eigenvalue weighted by Gasteiger charge is -2.44. The molecular weight excluding hydrogens is 330 g/mol. The first-order valence-corrected chi connectivity index (χ1v) is 9.01. The highest BCUT2D eigenvalue weighted by molar-refractivity contribution is 6.06. The molecule has 1 spiro atoms. The Morgan fingerprint density at radius 2 is 1.77 bits per heavy atom. The van der Waals surface area contributed by atoms with E-state index in [2.05, 4.69) is 27.7 Å². The van der Waals surface area contributed by atoms with Crippen molar-refractivity contribution in [1.82, 2.24) is 4.90 Å². The lowest BCUT2D eigenvalue weighted by molar-refractivity contribution is -0.122. The van der Waals surface area contributed by atoms with E-state index in [9.17, 15) is 4.79 Å². The molecular formula is C20H21N3O3. The van der Waals surface area contributed by atoms with E-state index in [1.54, 1.807) is 0 Å². The van der Waals surface area contributed by atoms with Crippen molar-refractivity contribution in [1.29, 1.82) is 0 Å². The molecule has 5 rings (SSSR count). The van der Waals surface area contributed by atoms with Crippen LogP contribution in [0.4, 0.5) is 11.4 Å². The standard InChI is InChI=1S/C20H21N3O3/c24-19-20(22-16-4-2-1-3-15(16)21-19)7-9-23(10-8-20)12-14-5-6-17-18(11-14)26-13-25-17/h1-6,11,22H,7-10,12-13H2,(H,21,24). The summed E-state index contributed by atoms with van der Waals surface area (Å²) in [6, 6.07) is 14.0. The summed E-state index contributed by atoms with van der Waals surface area (Å²) >= 11 is 0. The minimum atomic E-state index is -0.500. The number of para-hydroxylation sites is 2. The molecule has 6 heteroatoms. The Hall–Kier alpha value is -2.73. The SMILES string of the molecule is O=C1Nc2ccccc2NC12CCN(Cc1ccc3c(c1)OCO3)CC2. The molecule has 0 aliphatic carbocycles. The van der Waals surface area contributed by atoms with Gasteiger partial charge < -0.3 is 20.1 Å². The topological polar surface area (TPSA) is 62.8 Å². The van der Waals surface area contributed by atoms with Gasteiger partial charge in [0.25, 0.3) is 0 Å². The van der Waals surface area contributed by atoms with Gasteiger partial charge in [-0.2, -0.15) is 0 Å². The molecule has 0 saturated carbocycles. The van der Waals surface area contributed by atoms with Crippen LogP contribution in [0.2, 0.25) is 0 Å². The third kappa shape index (κ3) is 2.57. The van der Waals surface area contributed by atoms with Gasteiger partial charge in [-0.05, 0) is 42.7 Å². The van der Waals surface area contributed by atoms with E-state index in [0.717, 1.165) is 55.3 Å². The van der Waals surface area contributed by atoms with Crippen molar-refractivity contribution < 1.29 is 14.3 Å².